The minimum Gasteiger partial charge on any atom is -0.461 e. The maximum Gasteiger partial charge on any atom is 0.358 e. The van der Waals surface area contributed by atoms with Crippen molar-refractivity contribution >= 4 is 11.5 Å². The molecule has 1 aromatic carbocycles. The third-order valence-electron chi connectivity index (χ3n) is 4.41. The Kier molecular flexibility index (Phi) is 4.46. The first kappa shape index (κ1) is 17.0. The van der Waals surface area contributed by atoms with E-state index in [9.17, 15) is 4.79 Å². The maximum atomic E-state index is 11.9. The first-order chi connectivity index (χ1) is 13.2. The molecular weight excluding hydrogens is 340 g/mol. The van der Waals surface area contributed by atoms with Crippen molar-refractivity contribution in [3.05, 3.63) is 77.7 Å². The molecule has 0 saturated carbocycles. The van der Waals surface area contributed by atoms with Crippen LogP contribution in [0, 0.1) is 6.92 Å². The average Bonchev–Trinajstić information content (AvgIpc) is 3.27. The quantitative estimate of drug-likeness (QED) is 0.509. The van der Waals surface area contributed by atoms with Crippen LogP contribution in [0.3, 0.4) is 0 Å². The van der Waals surface area contributed by atoms with E-state index in [1.54, 1.807) is 17.7 Å². The van der Waals surface area contributed by atoms with E-state index in [1.165, 1.54) is 0 Å². The molecule has 4 rings (SSSR count). The van der Waals surface area contributed by atoms with E-state index in [0.717, 1.165) is 28.2 Å². The summed E-state index contributed by atoms with van der Waals surface area (Å²) in [6.07, 6.45) is 0. The average molecular weight is 360 g/mol. The molecule has 0 radical (unpaired) electrons. The summed E-state index contributed by atoms with van der Waals surface area (Å²) < 4.78 is 8.76. The Bertz CT molecular complexity index is 1100. The SMILES string of the molecule is CCOC(=O)c1cc(C)n(Cc2cccc3cc(-c4ccccc4)nn23)n1. The fourth-order valence-corrected chi connectivity index (χ4v) is 3.07. The van der Waals surface area contributed by atoms with Gasteiger partial charge in [-0.15, -0.1) is 0 Å². The summed E-state index contributed by atoms with van der Waals surface area (Å²) in [7, 11) is 0. The van der Waals surface area contributed by atoms with Crippen molar-refractivity contribution < 1.29 is 9.53 Å². The van der Waals surface area contributed by atoms with Gasteiger partial charge < -0.3 is 4.74 Å². The Hall–Kier alpha value is -3.41. The van der Waals surface area contributed by atoms with E-state index in [-0.39, 0.29) is 0 Å². The number of benzene rings is 1. The topological polar surface area (TPSA) is 61.4 Å². The number of hydrogen-bond donors (Lipinski definition) is 0. The zero-order valence-corrected chi connectivity index (χ0v) is 15.3. The number of rotatable bonds is 5. The summed E-state index contributed by atoms with van der Waals surface area (Å²) in [6, 6.07) is 20.0. The fraction of sp³-hybridized carbons (Fsp3) is 0.190. The van der Waals surface area contributed by atoms with E-state index < -0.39 is 5.97 Å². The summed E-state index contributed by atoms with van der Waals surface area (Å²) in [6.45, 7) is 4.55. The van der Waals surface area contributed by atoms with Crippen LogP contribution in [0.15, 0.2) is 60.7 Å². The van der Waals surface area contributed by atoms with Crippen LogP contribution in [-0.2, 0) is 11.3 Å². The van der Waals surface area contributed by atoms with Gasteiger partial charge >= 0.3 is 5.97 Å². The summed E-state index contributed by atoms with van der Waals surface area (Å²) in [4.78, 5) is 11.9. The first-order valence-electron chi connectivity index (χ1n) is 8.90. The highest BCUT2D eigenvalue weighted by Gasteiger charge is 2.14. The van der Waals surface area contributed by atoms with Gasteiger partial charge in [-0.25, -0.2) is 9.31 Å². The third kappa shape index (κ3) is 3.33. The molecule has 0 aliphatic carbocycles. The van der Waals surface area contributed by atoms with E-state index in [4.69, 9.17) is 9.84 Å². The molecule has 0 fully saturated rings. The van der Waals surface area contributed by atoms with Crippen LogP contribution in [0.1, 0.15) is 28.8 Å². The zero-order valence-electron chi connectivity index (χ0n) is 15.3. The molecule has 0 aliphatic rings. The second-order valence-corrected chi connectivity index (χ2v) is 6.30. The largest absolute Gasteiger partial charge is 0.461 e. The smallest absolute Gasteiger partial charge is 0.358 e. The van der Waals surface area contributed by atoms with E-state index >= 15 is 0 Å². The number of fused-ring (bicyclic) bond motifs is 1. The highest BCUT2D eigenvalue weighted by Crippen LogP contribution is 2.21. The van der Waals surface area contributed by atoms with Crippen molar-refractivity contribution in [2.24, 2.45) is 0 Å². The molecule has 0 spiro atoms. The van der Waals surface area contributed by atoms with E-state index in [1.807, 2.05) is 60.0 Å². The van der Waals surface area contributed by atoms with Crippen molar-refractivity contribution in [1.82, 2.24) is 19.4 Å². The van der Waals surface area contributed by atoms with Crippen molar-refractivity contribution in [3.63, 3.8) is 0 Å². The van der Waals surface area contributed by atoms with Crippen LogP contribution in [0.25, 0.3) is 16.8 Å². The number of nitrogens with zero attached hydrogens (tertiary/aromatic N) is 4. The molecule has 0 unspecified atom stereocenters. The number of ether oxygens (including phenoxy) is 1. The number of esters is 1. The monoisotopic (exact) mass is 360 g/mol. The number of aromatic nitrogens is 4. The molecule has 6 heteroatoms. The van der Waals surface area contributed by atoms with Crippen molar-refractivity contribution in [3.8, 4) is 11.3 Å². The zero-order chi connectivity index (χ0) is 18.8. The van der Waals surface area contributed by atoms with Gasteiger partial charge in [0.05, 0.1) is 30.1 Å². The Morgan fingerprint density at radius 3 is 2.63 bits per heavy atom. The minimum atomic E-state index is -0.400. The number of pyridine rings is 1. The summed E-state index contributed by atoms with van der Waals surface area (Å²) >= 11 is 0. The van der Waals surface area contributed by atoms with Gasteiger partial charge in [-0.1, -0.05) is 36.4 Å². The molecule has 3 aromatic heterocycles. The predicted molar refractivity (Wildman–Crippen MR) is 103 cm³/mol. The van der Waals surface area contributed by atoms with Gasteiger partial charge in [0, 0.05) is 11.3 Å². The predicted octanol–water partition coefficient (Wildman–Crippen LogP) is 3.73. The molecule has 27 heavy (non-hydrogen) atoms. The lowest BCUT2D eigenvalue weighted by atomic mass is 10.1. The molecule has 0 amide bonds. The van der Waals surface area contributed by atoms with Crippen LogP contribution >= 0.6 is 0 Å². The van der Waals surface area contributed by atoms with Gasteiger partial charge in [0.15, 0.2) is 5.69 Å². The molecule has 3 heterocycles. The van der Waals surface area contributed by atoms with Crippen LogP contribution < -0.4 is 0 Å². The van der Waals surface area contributed by atoms with E-state index in [0.29, 0.717) is 18.8 Å². The van der Waals surface area contributed by atoms with Crippen LogP contribution in [0.5, 0.6) is 0 Å². The highest BCUT2D eigenvalue weighted by molar-refractivity contribution is 5.87. The van der Waals surface area contributed by atoms with Crippen molar-refractivity contribution in [2.45, 2.75) is 20.4 Å². The summed E-state index contributed by atoms with van der Waals surface area (Å²) in [5.41, 5.74) is 5.22. The normalized spacial score (nSPS) is 11.0. The lowest BCUT2D eigenvalue weighted by Gasteiger charge is -2.07. The minimum absolute atomic E-state index is 0.326. The highest BCUT2D eigenvalue weighted by atomic mass is 16.5. The van der Waals surface area contributed by atoms with E-state index in [2.05, 4.69) is 11.2 Å². The fourth-order valence-electron chi connectivity index (χ4n) is 3.07. The van der Waals surface area contributed by atoms with Gasteiger partial charge in [0.2, 0.25) is 0 Å². The lowest BCUT2D eigenvalue weighted by Crippen LogP contribution is -2.10. The van der Waals surface area contributed by atoms with Crippen LogP contribution in [-0.4, -0.2) is 32.0 Å². The van der Waals surface area contributed by atoms with Crippen molar-refractivity contribution in [1.29, 1.82) is 0 Å². The lowest BCUT2D eigenvalue weighted by molar-refractivity contribution is 0.0518. The van der Waals surface area contributed by atoms with Gasteiger partial charge in [-0.3, -0.25) is 4.68 Å². The Labute approximate surface area is 157 Å². The Morgan fingerprint density at radius 2 is 1.85 bits per heavy atom. The maximum absolute atomic E-state index is 11.9. The molecule has 4 aromatic rings. The second-order valence-electron chi connectivity index (χ2n) is 6.30. The first-order valence-corrected chi connectivity index (χ1v) is 8.90. The number of carbonyl (C=O) groups is 1. The molecule has 0 atom stereocenters. The summed E-state index contributed by atoms with van der Waals surface area (Å²) in [5, 5.41) is 9.16. The molecule has 0 aliphatic heterocycles. The third-order valence-corrected chi connectivity index (χ3v) is 4.41. The molecule has 0 saturated heterocycles. The molecule has 0 N–H and O–H groups in total. The van der Waals surface area contributed by atoms with Crippen molar-refractivity contribution in [2.75, 3.05) is 6.61 Å². The van der Waals surface area contributed by atoms with Gasteiger partial charge in [-0.05, 0) is 38.1 Å². The van der Waals surface area contributed by atoms with Crippen LogP contribution in [0.2, 0.25) is 0 Å². The number of carbonyl (C=O) groups excluding carboxylic acids is 1. The number of aryl methyl sites for hydroxylation is 1. The number of hydrogen-bond acceptors (Lipinski definition) is 4. The Balaban J connectivity index is 1.69. The van der Waals surface area contributed by atoms with Gasteiger partial charge in [0.25, 0.3) is 0 Å². The second kappa shape index (κ2) is 7.07. The molecule has 0 bridgehead atoms. The van der Waals surface area contributed by atoms with Crippen LogP contribution in [0.4, 0.5) is 0 Å². The van der Waals surface area contributed by atoms with Gasteiger partial charge in [0.1, 0.15) is 0 Å². The standard InChI is InChI=1S/C21H20N4O2/c1-3-27-21(26)20-12-15(2)24(22-20)14-18-11-7-10-17-13-19(23-25(17)18)16-8-5-4-6-9-16/h4-13H,3,14H2,1-2H3. The van der Waals surface area contributed by atoms with Gasteiger partial charge in [-0.2, -0.15) is 10.2 Å². The summed E-state index contributed by atoms with van der Waals surface area (Å²) in [5.74, 6) is -0.400. The molecular formula is C21H20N4O2. The Morgan fingerprint density at radius 1 is 1.04 bits per heavy atom. The molecule has 6 nitrogen and oxygen atoms in total. The molecule has 136 valence electrons.